The highest BCUT2D eigenvalue weighted by atomic mass is 15.2. The molecule has 2 aliphatic rings. The maximum Gasteiger partial charge on any atom is 0.166 e. The van der Waals surface area contributed by atoms with Gasteiger partial charge in [-0.1, -0.05) is 167 Å². The average molecular weight is 1030 g/mol. The minimum absolute atomic E-state index is 0.326. The largest absolute Gasteiger partial charge is 0.309 e. The molecule has 0 bridgehead atoms. The maximum absolute atomic E-state index is 10.1. The van der Waals surface area contributed by atoms with Crippen LogP contribution >= 0.6 is 0 Å². The molecule has 0 amide bonds. The quantitative estimate of drug-likeness (QED) is 0.148. The number of hydrogen-bond acceptors (Lipinski definition) is 8. The topological polar surface area (TPSA) is 117 Å². The first-order valence-corrected chi connectivity index (χ1v) is 26.7. The van der Waals surface area contributed by atoms with E-state index in [0.717, 1.165) is 84.2 Å². The highest BCUT2D eigenvalue weighted by molar-refractivity contribution is 5.96. The summed E-state index contributed by atoms with van der Waals surface area (Å²) in [5.41, 5.74) is 19.3. The van der Waals surface area contributed by atoms with Crippen molar-refractivity contribution in [1.82, 2.24) is 15.0 Å². The summed E-state index contributed by atoms with van der Waals surface area (Å²) < 4.78 is 0. The van der Waals surface area contributed by atoms with Crippen LogP contribution in [0.3, 0.4) is 0 Å². The van der Waals surface area contributed by atoms with Gasteiger partial charge in [-0.3, -0.25) is 0 Å². The molecule has 0 unspecified atom stereocenters. The SMILES string of the molecule is CC1(C)c2ccccc2N(c2cc(-c3cccc(C#N)c3)ccc2-c2nc(-c3cccc(-c4cccc(C#N)c4)c3)nc(-c3ccc(-c4cccc(C#N)c4)cc3N3c4ccccc4C(C)(C)c4ccccc43)n2)c2ccccc21. The fraction of sp³-hybridized carbons (Fsp3) is 0.0833. The second kappa shape index (κ2) is 19.4. The standard InChI is InChI=1S/C72H50N8/c1-71(2)58-25-5-9-29-62(58)79(63-30-10-6-26-59(63)71)66-41-53(50-21-14-18-47(38-50)44-74)33-35-56(66)69-76-68(55-24-16-23-52(40-55)49-20-13-17-46(37-49)43-73)77-70(78-69)57-36-34-54(51-22-15-19-48(39-51)45-75)42-67(57)80-64-31-11-7-27-60(64)72(3,4)61-28-8-12-32-65(61)80/h5-42H,1-4H3. The Balaban J connectivity index is 1.12. The molecule has 0 saturated heterocycles. The molecule has 8 heteroatoms. The number of benzene rings is 10. The van der Waals surface area contributed by atoms with Crippen LogP contribution in [0.2, 0.25) is 0 Å². The third kappa shape index (κ3) is 8.25. The highest BCUT2D eigenvalue weighted by Gasteiger charge is 2.39. The molecule has 0 fully saturated rings. The minimum Gasteiger partial charge on any atom is -0.309 e. The fourth-order valence-electron chi connectivity index (χ4n) is 11.9. The second-order valence-corrected chi connectivity index (χ2v) is 21.4. The van der Waals surface area contributed by atoms with Crippen LogP contribution < -0.4 is 9.80 Å². The van der Waals surface area contributed by atoms with Crippen LogP contribution in [0.4, 0.5) is 34.1 Å². The molecular formula is C72H50N8. The average Bonchev–Trinajstić information content (AvgIpc) is 3.54. The van der Waals surface area contributed by atoms with E-state index in [4.69, 9.17) is 15.0 Å². The summed E-state index contributed by atoms with van der Waals surface area (Å²) in [5.74, 6) is 1.36. The Morgan fingerprint density at radius 2 is 0.588 bits per heavy atom. The van der Waals surface area contributed by atoms with Crippen LogP contribution in [0.15, 0.2) is 231 Å². The van der Waals surface area contributed by atoms with Crippen LogP contribution in [-0.2, 0) is 10.8 Å². The number of rotatable bonds is 8. The van der Waals surface area contributed by atoms with E-state index in [2.05, 4.69) is 195 Å². The zero-order valence-corrected chi connectivity index (χ0v) is 44.5. The molecule has 1 aromatic heterocycles. The van der Waals surface area contributed by atoms with E-state index in [1.165, 1.54) is 22.3 Å². The van der Waals surface area contributed by atoms with Crippen molar-refractivity contribution in [2.45, 2.75) is 38.5 Å². The summed E-state index contributed by atoms with van der Waals surface area (Å²) in [7, 11) is 0. The molecule has 2 aliphatic heterocycles. The molecule has 378 valence electrons. The molecule has 10 aromatic carbocycles. The number of hydrogen-bond donors (Lipinski definition) is 0. The van der Waals surface area contributed by atoms with Gasteiger partial charge in [0.25, 0.3) is 0 Å². The molecule has 8 nitrogen and oxygen atoms in total. The Labute approximate surface area is 466 Å². The Morgan fingerprint density at radius 1 is 0.287 bits per heavy atom. The molecule has 11 aromatic rings. The third-order valence-corrected chi connectivity index (χ3v) is 16.0. The monoisotopic (exact) mass is 1030 g/mol. The Hall–Kier alpha value is -10.7. The van der Waals surface area contributed by atoms with Gasteiger partial charge in [-0.25, -0.2) is 15.0 Å². The van der Waals surface area contributed by atoms with E-state index >= 15 is 0 Å². The number of nitriles is 3. The molecule has 0 spiro atoms. The number of nitrogens with zero attached hydrogens (tertiary/aromatic N) is 8. The Kier molecular flexibility index (Phi) is 11.8. The molecule has 13 rings (SSSR count). The molecular weight excluding hydrogens is 977 g/mol. The zero-order chi connectivity index (χ0) is 54.7. The van der Waals surface area contributed by atoms with Crippen molar-refractivity contribution in [2.75, 3.05) is 9.80 Å². The molecule has 0 N–H and O–H groups in total. The Bertz CT molecular complexity index is 4120. The van der Waals surface area contributed by atoms with E-state index in [0.29, 0.717) is 34.2 Å². The smallest absolute Gasteiger partial charge is 0.166 e. The van der Waals surface area contributed by atoms with Gasteiger partial charge in [0, 0.05) is 27.5 Å². The van der Waals surface area contributed by atoms with Gasteiger partial charge in [-0.2, -0.15) is 15.8 Å². The van der Waals surface area contributed by atoms with Crippen molar-refractivity contribution in [2.24, 2.45) is 0 Å². The highest BCUT2D eigenvalue weighted by Crippen LogP contribution is 2.56. The number of fused-ring (bicyclic) bond motifs is 4. The van der Waals surface area contributed by atoms with Crippen molar-refractivity contribution in [1.29, 1.82) is 15.8 Å². The van der Waals surface area contributed by atoms with Crippen molar-refractivity contribution in [3.05, 3.63) is 269 Å². The third-order valence-electron chi connectivity index (χ3n) is 16.0. The van der Waals surface area contributed by atoms with Crippen molar-refractivity contribution in [3.63, 3.8) is 0 Å². The molecule has 0 radical (unpaired) electrons. The van der Waals surface area contributed by atoms with Gasteiger partial charge in [0.1, 0.15) is 0 Å². The van der Waals surface area contributed by atoms with Gasteiger partial charge in [0.2, 0.25) is 0 Å². The summed E-state index contributed by atoms with van der Waals surface area (Å²) in [5, 5.41) is 30.1. The normalized spacial score (nSPS) is 13.4. The first-order valence-electron chi connectivity index (χ1n) is 26.7. The summed E-state index contributed by atoms with van der Waals surface area (Å²) in [6, 6.07) is 85.4. The van der Waals surface area contributed by atoms with E-state index in [-0.39, 0.29) is 10.8 Å². The second-order valence-electron chi connectivity index (χ2n) is 21.4. The van der Waals surface area contributed by atoms with Gasteiger partial charge in [0.05, 0.1) is 69.0 Å². The van der Waals surface area contributed by atoms with Crippen molar-refractivity contribution < 1.29 is 0 Å². The first-order chi connectivity index (χ1) is 39.0. The number of aromatic nitrogens is 3. The lowest BCUT2D eigenvalue weighted by Crippen LogP contribution is -2.30. The Morgan fingerprint density at radius 3 is 0.950 bits per heavy atom. The van der Waals surface area contributed by atoms with Gasteiger partial charge in [-0.05, 0) is 147 Å². The van der Waals surface area contributed by atoms with Crippen LogP contribution in [0.5, 0.6) is 0 Å². The fourth-order valence-corrected chi connectivity index (χ4v) is 11.9. The van der Waals surface area contributed by atoms with Crippen LogP contribution in [0, 0.1) is 34.0 Å². The summed E-state index contributed by atoms with van der Waals surface area (Å²) in [6.07, 6.45) is 0. The molecule has 0 atom stereocenters. The van der Waals surface area contributed by atoms with Crippen LogP contribution in [0.1, 0.15) is 66.6 Å². The predicted molar refractivity (Wildman–Crippen MR) is 320 cm³/mol. The van der Waals surface area contributed by atoms with Crippen molar-refractivity contribution >= 4 is 34.1 Å². The van der Waals surface area contributed by atoms with Crippen LogP contribution in [0.25, 0.3) is 67.5 Å². The van der Waals surface area contributed by atoms with Gasteiger partial charge >= 0.3 is 0 Å². The lowest BCUT2D eigenvalue weighted by atomic mass is 9.73. The lowest BCUT2D eigenvalue weighted by molar-refractivity contribution is 0.632. The van der Waals surface area contributed by atoms with E-state index in [9.17, 15) is 15.8 Å². The minimum atomic E-state index is -0.326. The molecule has 0 aliphatic carbocycles. The van der Waals surface area contributed by atoms with Crippen molar-refractivity contribution in [3.8, 4) is 85.8 Å². The maximum atomic E-state index is 10.1. The van der Waals surface area contributed by atoms with Gasteiger partial charge < -0.3 is 9.80 Å². The summed E-state index contributed by atoms with van der Waals surface area (Å²) in [4.78, 5) is 21.4. The zero-order valence-electron chi connectivity index (χ0n) is 44.5. The first kappa shape index (κ1) is 48.9. The summed E-state index contributed by atoms with van der Waals surface area (Å²) in [6.45, 7) is 9.13. The molecule has 0 saturated carbocycles. The van der Waals surface area contributed by atoms with E-state index in [1.807, 2.05) is 91.0 Å². The van der Waals surface area contributed by atoms with Crippen LogP contribution in [-0.4, -0.2) is 15.0 Å². The van der Waals surface area contributed by atoms with E-state index in [1.54, 1.807) is 0 Å². The summed E-state index contributed by atoms with van der Waals surface area (Å²) >= 11 is 0. The van der Waals surface area contributed by atoms with Gasteiger partial charge in [-0.15, -0.1) is 0 Å². The number of anilines is 6. The molecule has 80 heavy (non-hydrogen) atoms. The van der Waals surface area contributed by atoms with E-state index < -0.39 is 0 Å². The number of para-hydroxylation sites is 4. The predicted octanol–water partition coefficient (Wildman–Crippen LogP) is 17.7. The molecule has 3 heterocycles. The van der Waals surface area contributed by atoms with Gasteiger partial charge in [0.15, 0.2) is 17.5 Å². The lowest BCUT2D eigenvalue weighted by Gasteiger charge is -2.42.